The lowest BCUT2D eigenvalue weighted by molar-refractivity contribution is -0.474. The molecular weight excluding hydrogens is 584 g/mol. The molecule has 8 rings (SSSR count). The van der Waals surface area contributed by atoms with Gasteiger partial charge in [-0.25, -0.2) is 0 Å². The molecule has 4 heterocycles. The minimum Gasteiger partial charge on any atom is -0.472 e. The maximum atomic E-state index is 12.5. The molecule has 4 aliphatic carbocycles. The van der Waals surface area contributed by atoms with Crippen molar-refractivity contribution in [3.8, 4) is 0 Å². The van der Waals surface area contributed by atoms with Gasteiger partial charge < -0.3 is 58.7 Å². The van der Waals surface area contributed by atoms with Crippen molar-refractivity contribution in [1.29, 1.82) is 0 Å². The van der Waals surface area contributed by atoms with E-state index in [-0.39, 0.29) is 25.0 Å². The van der Waals surface area contributed by atoms with Crippen molar-refractivity contribution in [2.75, 3.05) is 6.61 Å². The fourth-order valence-electron chi connectivity index (χ4n) is 11.5. The molecule has 1 aromatic heterocycles. The van der Waals surface area contributed by atoms with Gasteiger partial charge in [-0.2, -0.15) is 0 Å². The van der Waals surface area contributed by atoms with Gasteiger partial charge in [-0.05, 0) is 25.3 Å². The van der Waals surface area contributed by atoms with Crippen LogP contribution in [0.15, 0.2) is 23.0 Å². The molecule has 0 radical (unpaired) electrons. The topological polar surface area (TPSA) is 218 Å². The average molecular weight is 623 g/mol. The molecule has 17 atom stereocenters. The number of carbonyl (C=O) groups is 2. The molecule has 6 N–H and O–H groups in total. The number of ether oxygens (including phenoxy) is 5. The highest BCUT2D eigenvalue weighted by atomic mass is 16.7. The maximum absolute atomic E-state index is 12.5. The second kappa shape index (κ2) is 8.41. The number of aliphatic hydroxyl groups is 6. The Labute approximate surface area is 251 Å². The van der Waals surface area contributed by atoms with Gasteiger partial charge in [0.1, 0.15) is 22.9 Å². The first-order chi connectivity index (χ1) is 20.6. The summed E-state index contributed by atoms with van der Waals surface area (Å²) >= 11 is 0. The van der Waals surface area contributed by atoms with Crippen molar-refractivity contribution < 1.29 is 68.3 Å². The van der Waals surface area contributed by atoms with E-state index < -0.39 is 112 Å². The lowest BCUT2D eigenvalue weighted by atomic mass is 9.37. The van der Waals surface area contributed by atoms with Crippen LogP contribution in [-0.4, -0.2) is 110 Å². The second-order valence-corrected chi connectivity index (χ2v) is 14.5. The maximum Gasteiger partial charge on any atom is 0.303 e. The third kappa shape index (κ3) is 2.79. The van der Waals surface area contributed by atoms with Crippen molar-refractivity contribution in [1.82, 2.24) is 0 Å². The summed E-state index contributed by atoms with van der Waals surface area (Å²) < 4.78 is 35.3. The van der Waals surface area contributed by atoms with Crippen LogP contribution in [0.4, 0.5) is 0 Å². The molecule has 0 amide bonds. The van der Waals surface area contributed by atoms with Crippen LogP contribution in [0.3, 0.4) is 0 Å². The van der Waals surface area contributed by atoms with Crippen LogP contribution in [0.1, 0.15) is 46.1 Å². The third-order valence-electron chi connectivity index (χ3n) is 13.1. The molecule has 3 aliphatic heterocycles. The Bertz CT molecular complexity index is 1410. The van der Waals surface area contributed by atoms with E-state index >= 15 is 0 Å². The first kappa shape index (κ1) is 29.3. The predicted molar refractivity (Wildman–Crippen MR) is 139 cm³/mol. The monoisotopic (exact) mass is 622 g/mol. The van der Waals surface area contributed by atoms with Crippen LogP contribution in [0.25, 0.3) is 0 Å². The van der Waals surface area contributed by atoms with Crippen molar-refractivity contribution >= 4 is 11.9 Å². The highest BCUT2D eigenvalue weighted by Gasteiger charge is 2.96. The largest absolute Gasteiger partial charge is 0.472 e. The lowest BCUT2D eigenvalue weighted by Gasteiger charge is -2.74. The molecule has 14 nitrogen and oxygen atoms in total. The first-order valence-electron chi connectivity index (χ1n) is 15.1. The Kier molecular flexibility index (Phi) is 5.60. The number of aliphatic hydroxyl groups excluding tert-OH is 4. The van der Waals surface area contributed by atoms with E-state index in [2.05, 4.69) is 0 Å². The zero-order valence-corrected chi connectivity index (χ0v) is 24.7. The Balaban J connectivity index is 1.35. The Morgan fingerprint density at radius 3 is 2.36 bits per heavy atom. The normalized spacial score (nSPS) is 59.5. The predicted octanol–water partition coefficient (Wildman–Crippen LogP) is -1.33. The zero-order chi connectivity index (χ0) is 31.6. The summed E-state index contributed by atoms with van der Waals surface area (Å²) in [5.74, 6) is -4.77. The summed E-state index contributed by atoms with van der Waals surface area (Å²) in [4.78, 5) is 24.7. The van der Waals surface area contributed by atoms with Gasteiger partial charge in [0.2, 0.25) is 0 Å². The molecule has 0 aromatic carbocycles. The molecule has 7 aliphatic rings. The van der Waals surface area contributed by atoms with Gasteiger partial charge in [-0.1, -0.05) is 6.92 Å². The SMILES string of the molecule is CC(=O)O[C@H]1[C@@H](OC(C)=O)[C@]2(C)[C@H](O)OC3OC[C@@]45[C@H](O)C[C@@H]2[C@]3([C@@H]1O)[C@H]4[C@@H](O)[C@H]1[C@@]52O[C@@H]2C[C@@](O)(c2ccoc2)[C@]1(C)O. The average Bonchev–Trinajstić information content (AvgIpc) is 3.28. The minimum absolute atomic E-state index is 0.0553. The van der Waals surface area contributed by atoms with Crippen LogP contribution in [0.5, 0.6) is 0 Å². The highest BCUT2D eigenvalue weighted by molar-refractivity contribution is 5.68. The van der Waals surface area contributed by atoms with Gasteiger partial charge in [-0.3, -0.25) is 9.59 Å². The van der Waals surface area contributed by atoms with E-state index in [0.717, 1.165) is 13.8 Å². The Hall–Kier alpha value is -2.14. The molecule has 242 valence electrons. The summed E-state index contributed by atoms with van der Waals surface area (Å²) in [7, 11) is 0. The van der Waals surface area contributed by atoms with Crippen molar-refractivity contribution in [3.63, 3.8) is 0 Å². The molecule has 1 unspecified atom stereocenters. The molecule has 14 heteroatoms. The van der Waals surface area contributed by atoms with E-state index in [4.69, 9.17) is 28.1 Å². The van der Waals surface area contributed by atoms with E-state index in [1.54, 1.807) is 6.92 Å². The standard InChI is InChI=1S/C30H38O14/c1-11(31)41-18-21(35)29-14-7-15(33)27(10-40-24(29)43-23(36)25(14,3)22(18)42-12(2)32)20(29)17(34)19-26(4,37)28(38,13-5-6-39-9-13)8-16-30(19,27)44-16/h5-6,9,14-24,33-38H,7-8,10H2,1-4H3/t14-,15+,16+,17-,18+,19+,20-,21+,22+,23+,24?,25+,26+,27+,28+,29+,30+/m0/s1. The van der Waals surface area contributed by atoms with Gasteiger partial charge in [0.25, 0.3) is 0 Å². The summed E-state index contributed by atoms with van der Waals surface area (Å²) in [6, 6.07) is 1.53. The smallest absolute Gasteiger partial charge is 0.303 e. The van der Waals surface area contributed by atoms with Gasteiger partial charge in [0.05, 0.1) is 53.7 Å². The summed E-state index contributed by atoms with van der Waals surface area (Å²) in [5.41, 5.74) is -9.70. The summed E-state index contributed by atoms with van der Waals surface area (Å²) in [6.45, 7) is 5.05. The summed E-state index contributed by atoms with van der Waals surface area (Å²) in [5, 5.41) is 73.1. The first-order valence-corrected chi connectivity index (χ1v) is 15.1. The molecule has 1 aromatic rings. The second-order valence-electron chi connectivity index (χ2n) is 14.5. The van der Waals surface area contributed by atoms with Gasteiger partial charge in [0, 0.05) is 37.7 Å². The van der Waals surface area contributed by atoms with Crippen LogP contribution in [0, 0.1) is 34.0 Å². The van der Waals surface area contributed by atoms with E-state index in [1.807, 2.05) is 0 Å². The third-order valence-corrected chi connectivity index (χ3v) is 13.1. The number of hydrogen-bond acceptors (Lipinski definition) is 14. The van der Waals surface area contributed by atoms with Crippen LogP contribution in [-0.2, 0) is 38.9 Å². The van der Waals surface area contributed by atoms with Gasteiger partial charge >= 0.3 is 11.9 Å². The molecule has 3 bridgehead atoms. The van der Waals surface area contributed by atoms with Crippen LogP contribution < -0.4 is 0 Å². The van der Waals surface area contributed by atoms with E-state index in [9.17, 15) is 40.2 Å². The van der Waals surface area contributed by atoms with Crippen molar-refractivity contribution in [2.45, 2.75) is 107 Å². The fourth-order valence-corrected chi connectivity index (χ4v) is 11.5. The van der Waals surface area contributed by atoms with Gasteiger partial charge in [-0.15, -0.1) is 0 Å². The minimum atomic E-state index is -2.05. The summed E-state index contributed by atoms with van der Waals surface area (Å²) in [6.07, 6.45) is -8.57. The van der Waals surface area contributed by atoms with Crippen LogP contribution >= 0.6 is 0 Å². The molecule has 44 heavy (non-hydrogen) atoms. The highest BCUT2D eigenvalue weighted by Crippen LogP contribution is 2.84. The van der Waals surface area contributed by atoms with E-state index in [0.29, 0.717) is 0 Å². The van der Waals surface area contributed by atoms with Gasteiger partial charge in [0.15, 0.2) is 24.8 Å². The number of rotatable bonds is 3. The molecule has 4 saturated carbocycles. The molecule has 3 saturated heterocycles. The quantitative estimate of drug-likeness (QED) is 0.170. The number of furan rings is 1. The van der Waals surface area contributed by atoms with Crippen molar-refractivity contribution in [2.24, 2.45) is 34.0 Å². The number of carbonyl (C=O) groups excluding carboxylic acids is 2. The number of epoxide rings is 1. The Morgan fingerprint density at radius 1 is 1.02 bits per heavy atom. The van der Waals surface area contributed by atoms with Crippen molar-refractivity contribution in [3.05, 3.63) is 24.2 Å². The van der Waals surface area contributed by atoms with Crippen LogP contribution in [0.2, 0.25) is 0 Å². The molecule has 2 spiro atoms. The number of esters is 2. The molecular formula is C30H38O14. The van der Waals surface area contributed by atoms with E-state index in [1.165, 1.54) is 25.5 Å². The fraction of sp³-hybridized carbons (Fsp3) is 0.800. The number of hydrogen-bond donors (Lipinski definition) is 6. The Morgan fingerprint density at radius 2 is 1.73 bits per heavy atom. The molecule has 7 fully saturated rings. The zero-order valence-electron chi connectivity index (χ0n) is 24.7. The lowest BCUT2D eigenvalue weighted by Crippen LogP contribution is -2.85.